The molecule has 2 N–H and O–H groups in total. The largest absolute Gasteiger partial charge is 0.352 e. The van der Waals surface area contributed by atoms with E-state index in [4.69, 9.17) is 0 Å². The van der Waals surface area contributed by atoms with Gasteiger partial charge in [0.2, 0.25) is 11.8 Å². The van der Waals surface area contributed by atoms with Crippen LogP contribution in [0.25, 0.3) is 6.08 Å². The maximum atomic E-state index is 12.0. The number of amides is 2. The summed E-state index contributed by atoms with van der Waals surface area (Å²) in [6, 6.07) is 8.41. The smallest absolute Gasteiger partial charge is 0.244 e. The van der Waals surface area contributed by atoms with Gasteiger partial charge in [0, 0.05) is 23.4 Å². The fourth-order valence-electron chi connectivity index (χ4n) is 2.73. The van der Waals surface area contributed by atoms with Crippen molar-refractivity contribution in [3.63, 3.8) is 0 Å². The Morgan fingerprint density at radius 1 is 1.15 bits per heavy atom. The first-order valence-electron chi connectivity index (χ1n) is 9.11. The van der Waals surface area contributed by atoms with Crippen molar-refractivity contribution in [2.45, 2.75) is 47.2 Å². The first-order chi connectivity index (χ1) is 12.8. The lowest BCUT2D eigenvalue weighted by Crippen LogP contribution is -2.39. The second-order valence-corrected chi connectivity index (χ2v) is 7.00. The molecule has 1 aromatic heterocycles. The molecule has 144 valence electrons. The van der Waals surface area contributed by atoms with Gasteiger partial charge < -0.3 is 10.6 Å². The number of aryl methyl sites for hydroxylation is 2. The van der Waals surface area contributed by atoms with E-state index in [1.54, 1.807) is 6.08 Å². The zero-order chi connectivity index (χ0) is 20.0. The van der Waals surface area contributed by atoms with E-state index in [0.717, 1.165) is 17.0 Å². The average Bonchev–Trinajstić information content (AvgIpc) is 2.86. The maximum absolute atomic E-state index is 12.0. The Bertz CT molecular complexity index is 833. The van der Waals surface area contributed by atoms with Crippen LogP contribution in [0.5, 0.6) is 0 Å². The first-order valence-corrected chi connectivity index (χ1v) is 9.11. The van der Waals surface area contributed by atoms with Gasteiger partial charge in [0.15, 0.2) is 0 Å². The number of nitrogens with zero attached hydrogens (tertiary/aromatic N) is 2. The van der Waals surface area contributed by atoms with E-state index >= 15 is 0 Å². The van der Waals surface area contributed by atoms with Crippen LogP contribution < -0.4 is 10.6 Å². The quantitative estimate of drug-likeness (QED) is 0.738. The minimum absolute atomic E-state index is 0.0357. The predicted octanol–water partition coefficient (Wildman–Crippen LogP) is 2.51. The number of aromatic nitrogens is 2. The van der Waals surface area contributed by atoms with Crippen LogP contribution in [0.1, 0.15) is 41.9 Å². The van der Waals surface area contributed by atoms with Gasteiger partial charge in [0.1, 0.15) is 0 Å². The molecule has 0 radical (unpaired) electrons. The van der Waals surface area contributed by atoms with Gasteiger partial charge in [-0.15, -0.1) is 0 Å². The van der Waals surface area contributed by atoms with Crippen LogP contribution in [0.15, 0.2) is 30.3 Å². The number of benzene rings is 1. The van der Waals surface area contributed by atoms with Crippen molar-refractivity contribution in [3.05, 3.63) is 58.4 Å². The first kappa shape index (κ1) is 20.4. The van der Waals surface area contributed by atoms with Crippen LogP contribution in [0, 0.1) is 20.8 Å². The Labute approximate surface area is 160 Å². The van der Waals surface area contributed by atoms with E-state index in [0.29, 0.717) is 6.54 Å². The predicted molar refractivity (Wildman–Crippen MR) is 107 cm³/mol. The Morgan fingerprint density at radius 3 is 2.44 bits per heavy atom. The molecule has 2 amide bonds. The number of rotatable bonds is 7. The zero-order valence-electron chi connectivity index (χ0n) is 16.7. The fraction of sp³-hybridized carbons (Fsp3) is 0.381. The molecule has 6 nitrogen and oxygen atoms in total. The fourth-order valence-corrected chi connectivity index (χ4v) is 2.73. The van der Waals surface area contributed by atoms with E-state index in [1.165, 1.54) is 17.2 Å². The Kier molecular flexibility index (Phi) is 6.93. The summed E-state index contributed by atoms with van der Waals surface area (Å²) in [6.45, 7) is 10.4. The Morgan fingerprint density at radius 2 is 1.81 bits per heavy atom. The highest BCUT2D eigenvalue weighted by Crippen LogP contribution is 2.16. The van der Waals surface area contributed by atoms with Gasteiger partial charge >= 0.3 is 0 Å². The summed E-state index contributed by atoms with van der Waals surface area (Å²) in [5.41, 5.74) is 5.18. The normalized spacial score (nSPS) is 11.2. The topological polar surface area (TPSA) is 76.0 Å². The molecule has 0 bridgehead atoms. The minimum atomic E-state index is -0.306. The monoisotopic (exact) mass is 368 g/mol. The number of carbonyl (C=O) groups excluding carboxylic acids is 2. The molecule has 1 heterocycles. The van der Waals surface area contributed by atoms with Crippen molar-refractivity contribution >= 4 is 17.9 Å². The molecule has 27 heavy (non-hydrogen) atoms. The highest BCUT2D eigenvalue weighted by Gasteiger charge is 2.10. The van der Waals surface area contributed by atoms with E-state index < -0.39 is 0 Å². The van der Waals surface area contributed by atoms with Crippen molar-refractivity contribution in [2.75, 3.05) is 6.54 Å². The summed E-state index contributed by atoms with van der Waals surface area (Å²) < 4.78 is 1.94. The third-order valence-corrected chi connectivity index (χ3v) is 4.16. The molecule has 0 saturated carbocycles. The van der Waals surface area contributed by atoms with Gasteiger partial charge in [-0.05, 0) is 46.3 Å². The van der Waals surface area contributed by atoms with Crippen molar-refractivity contribution in [3.8, 4) is 0 Å². The highest BCUT2D eigenvalue weighted by atomic mass is 16.2. The second kappa shape index (κ2) is 9.16. The lowest BCUT2D eigenvalue weighted by atomic mass is 10.1. The highest BCUT2D eigenvalue weighted by molar-refractivity contribution is 5.94. The summed E-state index contributed by atoms with van der Waals surface area (Å²) in [5.74, 6) is -0.510. The molecule has 0 atom stereocenters. The van der Waals surface area contributed by atoms with Crippen LogP contribution in [0.4, 0.5) is 0 Å². The van der Waals surface area contributed by atoms with E-state index in [1.807, 2.05) is 32.4 Å². The van der Waals surface area contributed by atoms with Crippen molar-refractivity contribution in [1.29, 1.82) is 0 Å². The third-order valence-electron chi connectivity index (χ3n) is 4.16. The standard InChI is InChI=1S/C21H28N4O2/c1-14(2)23-21(27)12-22-20(26)11-10-19-16(4)24-25(17(19)5)13-18-8-6-15(3)7-9-18/h6-11,14H,12-13H2,1-5H3,(H,22,26)(H,23,27)/b11-10+. The summed E-state index contributed by atoms with van der Waals surface area (Å²) in [7, 11) is 0. The third kappa shape index (κ3) is 6.09. The van der Waals surface area contributed by atoms with Gasteiger partial charge in [-0.3, -0.25) is 14.3 Å². The van der Waals surface area contributed by atoms with Crippen LogP contribution in [-0.4, -0.2) is 34.2 Å². The van der Waals surface area contributed by atoms with Gasteiger partial charge in [0.25, 0.3) is 0 Å². The molecule has 1 aromatic carbocycles. The molecule has 0 aliphatic carbocycles. The van der Waals surface area contributed by atoms with Crippen molar-refractivity contribution in [1.82, 2.24) is 20.4 Å². The Hall–Kier alpha value is -2.89. The van der Waals surface area contributed by atoms with E-state index in [2.05, 4.69) is 46.9 Å². The maximum Gasteiger partial charge on any atom is 0.244 e. The molecular formula is C21H28N4O2. The Balaban J connectivity index is 2.01. The molecular weight excluding hydrogens is 340 g/mol. The molecule has 0 aliphatic heterocycles. The second-order valence-electron chi connectivity index (χ2n) is 7.00. The summed E-state index contributed by atoms with van der Waals surface area (Å²) in [5, 5.41) is 9.90. The van der Waals surface area contributed by atoms with Crippen LogP contribution in [0.2, 0.25) is 0 Å². The molecule has 0 aliphatic rings. The van der Waals surface area contributed by atoms with Crippen LogP contribution in [0.3, 0.4) is 0 Å². The lowest BCUT2D eigenvalue weighted by molar-refractivity contribution is -0.124. The lowest BCUT2D eigenvalue weighted by Gasteiger charge is -2.08. The van der Waals surface area contributed by atoms with Gasteiger partial charge in [-0.2, -0.15) is 5.10 Å². The summed E-state index contributed by atoms with van der Waals surface area (Å²) in [6.07, 6.45) is 3.19. The summed E-state index contributed by atoms with van der Waals surface area (Å²) >= 11 is 0. The molecule has 6 heteroatoms. The SMILES string of the molecule is Cc1ccc(Cn2nc(C)c(/C=C/C(=O)NCC(=O)NC(C)C)c2C)cc1. The zero-order valence-corrected chi connectivity index (χ0v) is 16.7. The number of nitrogens with one attached hydrogen (secondary N) is 2. The molecule has 2 aromatic rings. The van der Waals surface area contributed by atoms with Gasteiger partial charge in [-0.1, -0.05) is 29.8 Å². The molecule has 2 rings (SSSR count). The average molecular weight is 368 g/mol. The molecule has 0 saturated heterocycles. The van der Waals surface area contributed by atoms with Gasteiger partial charge in [0.05, 0.1) is 18.8 Å². The van der Waals surface area contributed by atoms with Crippen LogP contribution in [-0.2, 0) is 16.1 Å². The van der Waals surface area contributed by atoms with Crippen LogP contribution >= 0.6 is 0 Å². The van der Waals surface area contributed by atoms with Gasteiger partial charge in [-0.25, -0.2) is 0 Å². The number of carbonyl (C=O) groups is 2. The number of hydrogen-bond acceptors (Lipinski definition) is 3. The van der Waals surface area contributed by atoms with Crippen molar-refractivity contribution in [2.24, 2.45) is 0 Å². The molecule has 0 spiro atoms. The number of hydrogen-bond donors (Lipinski definition) is 2. The molecule has 0 unspecified atom stereocenters. The van der Waals surface area contributed by atoms with E-state index in [9.17, 15) is 9.59 Å². The minimum Gasteiger partial charge on any atom is -0.352 e. The summed E-state index contributed by atoms with van der Waals surface area (Å²) in [4.78, 5) is 23.5. The molecule has 0 fully saturated rings. The van der Waals surface area contributed by atoms with Crippen molar-refractivity contribution < 1.29 is 9.59 Å². The van der Waals surface area contributed by atoms with E-state index in [-0.39, 0.29) is 24.4 Å².